The molecule has 0 heterocycles. The third-order valence-electron chi connectivity index (χ3n) is 2.59. The minimum atomic E-state index is -1.28. The molecule has 1 atom stereocenters. The molecule has 0 aromatic heterocycles. The molecule has 0 saturated carbocycles. The second kappa shape index (κ2) is 10.9. The number of hydrogen-bond donors (Lipinski definition) is 5. The number of benzene rings is 1. The SMILES string of the molecule is CN.NC(=S)CCC(NC(=O)Oc1ccccc1C(=O)O)C(=O)O. The Morgan fingerprint density at radius 2 is 1.83 bits per heavy atom. The highest BCUT2D eigenvalue weighted by Crippen LogP contribution is 2.18. The average molecular weight is 357 g/mol. The number of thiocarbonyl (C=S) groups is 1. The lowest BCUT2D eigenvalue weighted by atomic mass is 10.1. The first kappa shape index (κ1) is 21.3. The van der Waals surface area contributed by atoms with Gasteiger partial charge in [0, 0.05) is 6.42 Å². The summed E-state index contributed by atoms with van der Waals surface area (Å²) in [5.41, 5.74) is 9.56. The highest BCUT2D eigenvalue weighted by atomic mass is 32.1. The molecule has 1 aromatic rings. The number of para-hydroxylation sites is 1. The maximum absolute atomic E-state index is 11.7. The Hall–Kier alpha value is -2.72. The Labute approximate surface area is 143 Å². The van der Waals surface area contributed by atoms with E-state index < -0.39 is 24.1 Å². The Kier molecular flexibility index (Phi) is 9.68. The van der Waals surface area contributed by atoms with Gasteiger partial charge in [0.25, 0.3) is 0 Å². The second-order valence-corrected chi connectivity index (χ2v) is 4.76. The molecule has 1 aromatic carbocycles. The largest absolute Gasteiger partial charge is 0.480 e. The molecule has 0 fully saturated rings. The number of carboxylic acids is 2. The predicted octanol–water partition coefficient (Wildman–Crippen LogP) is 0.568. The molecule has 0 aliphatic carbocycles. The van der Waals surface area contributed by atoms with Crippen molar-refractivity contribution in [2.75, 3.05) is 7.05 Å². The maximum Gasteiger partial charge on any atom is 0.413 e. The van der Waals surface area contributed by atoms with Crippen LogP contribution in [0.3, 0.4) is 0 Å². The molecular formula is C14H19N3O6S. The van der Waals surface area contributed by atoms with Gasteiger partial charge in [-0.05, 0) is 25.6 Å². The van der Waals surface area contributed by atoms with Crippen molar-refractivity contribution in [1.82, 2.24) is 5.32 Å². The normalized spacial score (nSPS) is 10.6. The minimum Gasteiger partial charge on any atom is -0.480 e. The summed E-state index contributed by atoms with van der Waals surface area (Å²) in [4.78, 5) is 33.8. The standard InChI is InChI=1S/C13H14N2O6S.CH5N/c14-10(22)6-5-8(12(18)19)15-13(20)21-9-4-2-1-3-7(9)11(16)17;1-2/h1-4,8H,5-6H2,(H2,14,22)(H,15,20)(H,16,17)(H,18,19);2H2,1H3. The molecule has 9 nitrogen and oxygen atoms in total. The number of nitrogens with two attached hydrogens (primary N) is 2. The molecule has 0 aliphatic rings. The second-order valence-electron chi connectivity index (χ2n) is 4.23. The van der Waals surface area contributed by atoms with Gasteiger partial charge in [-0.1, -0.05) is 24.4 Å². The van der Waals surface area contributed by atoms with E-state index in [4.69, 9.17) is 20.7 Å². The third-order valence-corrected chi connectivity index (χ3v) is 2.79. The monoisotopic (exact) mass is 357 g/mol. The molecule has 10 heteroatoms. The van der Waals surface area contributed by atoms with Crippen molar-refractivity contribution in [2.24, 2.45) is 11.5 Å². The van der Waals surface area contributed by atoms with Crippen LogP contribution in [0, 0.1) is 0 Å². The summed E-state index contributed by atoms with van der Waals surface area (Å²) in [5, 5.41) is 20.1. The molecule has 1 amide bonds. The molecular weight excluding hydrogens is 338 g/mol. The third kappa shape index (κ3) is 7.51. The maximum atomic E-state index is 11.7. The molecule has 1 unspecified atom stereocenters. The summed E-state index contributed by atoms with van der Waals surface area (Å²) in [6.07, 6.45) is -0.942. The summed E-state index contributed by atoms with van der Waals surface area (Å²) < 4.78 is 4.84. The summed E-state index contributed by atoms with van der Waals surface area (Å²) in [6, 6.07) is 4.25. The number of aliphatic carboxylic acids is 1. The van der Waals surface area contributed by atoms with E-state index in [1.807, 2.05) is 0 Å². The van der Waals surface area contributed by atoms with E-state index in [-0.39, 0.29) is 29.1 Å². The average Bonchev–Trinajstić information content (AvgIpc) is 2.53. The number of carbonyl (C=O) groups excluding carboxylic acids is 1. The molecule has 0 aliphatic heterocycles. The van der Waals surface area contributed by atoms with Crippen LogP contribution in [0.25, 0.3) is 0 Å². The van der Waals surface area contributed by atoms with Gasteiger partial charge in [0.1, 0.15) is 17.4 Å². The number of hydrogen-bond acceptors (Lipinski definition) is 6. The molecule has 7 N–H and O–H groups in total. The van der Waals surface area contributed by atoms with E-state index in [1.54, 1.807) is 0 Å². The van der Waals surface area contributed by atoms with Gasteiger partial charge in [-0.2, -0.15) is 0 Å². The number of aromatic carboxylic acids is 1. The summed E-state index contributed by atoms with van der Waals surface area (Å²) in [6.45, 7) is 0. The smallest absolute Gasteiger partial charge is 0.413 e. The minimum absolute atomic E-state index is 0.000341. The quantitative estimate of drug-likeness (QED) is 0.438. The van der Waals surface area contributed by atoms with Crippen molar-refractivity contribution in [3.05, 3.63) is 29.8 Å². The van der Waals surface area contributed by atoms with Gasteiger partial charge in [0.2, 0.25) is 0 Å². The van der Waals surface area contributed by atoms with E-state index in [9.17, 15) is 14.4 Å². The number of carboxylic acid groups (broad SMARTS) is 2. The molecule has 24 heavy (non-hydrogen) atoms. The van der Waals surface area contributed by atoms with E-state index in [0.29, 0.717) is 0 Å². The van der Waals surface area contributed by atoms with Crippen LogP contribution in [-0.2, 0) is 4.79 Å². The fourth-order valence-corrected chi connectivity index (χ4v) is 1.67. The number of ether oxygens (including phenoxy) is 1. The van der Waals surface area contributed by atoms with Gasteiger partial charge in [-0.15, -0.1) is 0 Å². The zero-order valence-electron chi connectivity index (χ0n) is 12.9. The Bertz CT molecular complexity index is 608. The fraction of sp³-hybridized carbons (Fsp3) is 0.286. The lowest BCUT2D eigenvalue weighted by molar-refractivity contribution is -0.139. The van der Waals surface area contributed by atoms with Crippen LogP contribution < -0.4 is 21.5 Å². The Morgan fingerprint density at radius 3 is 2.33 bits per heavy atom. The number of nitrogens with one attached hydrogen (secondary N) is 1. The zero-order valence-corrected chi connectivity index (χ0v) is 13.7. The van der Waals surface area contributed by atoms with Crippen molar-refractivity contribution >= 4 is 35.2 Å². The lowest BCUT2D eigenvalue weighted by Crippen LogP contribution is -2.42. The van der Waals surface area contributed by atoms with Crippen LogP contribution in [0.4, 0.5) is 4.79 Å². The van der Waals surface area contributed by atoms with Gasteiger partial charge >= 0.3 is 18.0 Å². The highest BCUT2D eigenvalue weighted by molar-refractivity contribution is 7.80. The van der Waals surface area contributed by atoms with Crippen LogP contribution >= 0.6 is 12.2 Å². The van der Waals surface area contributed by atoms with Crippen molar-refractivity contribution in [3.63, 3.8) is 0 Å². The van der Waals surface area contributed by atoms with Crippen LogP contribution in [0.2, 0.25) is 0 Å². The highest BCUT2D eigenvalue weighted by Gasteiger charge is 2.22. The van der Waals surface area contributed by atoms with Gasteiger partial charge in [-0.3, -0.25) is 0 Å². The Morgan fingerprint density at radius 1 is 1.25 bits per heavy atom. The summed E-state index contributed by atoms with van der Waals surface area (Å²) >= 11 is 4.64. The van der Waals surface area contributed by atoms with E-state index in [2.05, 4.69) is 23.3 Å². The van der Waals surface area contributed by atoms with Crippen molar-refractivity contribution in [3.8, 4) is 5.75 Å². The van der Waals surface area contributed by atoms with Crippen molar-refractivity contribution in [1.29, 1.82) is 0 Å². The molecule has 1 rings (SSSR count). The first-order chi connectivity index (χ1) is 11.3. The first-order valence-corrected chi connectivity index (χ1v) is 7.11. The topological polar surface area (TPSA) is 165 Å². The predicted molar refractivity (Wildman–Crippen MR) is 90.1 cm³/mol. The summed E-state index contributed by atoms with van der Waals surface area (Å²) in [7, 11) is 1.50. The van der Waals surface area contributed by atoms with Crippen molar-refractivity contribution in [2.45, 2.75) is 18.9 Å². The van der Waals surface area contributed by atoms with E-state index in [0.717, 1.165) is 0 Å². The molecule has 132 valence electrons. The first-order valence-electron chi connectivity index (χ1n) is 6.70. The Balaban J connectivity index is 0.00000254. The van der Waals surface area contributed by atoms with Gasteiger partial charge in [-0.25, -0.2) is 14.4 Å². The van der Waals surface area contributed by atoms with Gasteiger partial charge in [0.15, 0.2) is 0 Å². The van der Waals surface area contributed by atoms with E-state index >= 15 is 0 Å². The van der Waals surface area contributed by atoms with E-state index in [1.165, 1.54) is 31.3 Å². The van der Waals surface area contributed by atoms with Crippen molar-refractivity contribution < 1.29 is 29.3 Å². The van der Waals surface area contributed by atoms with Crippen LogP contribution in [0.1, 0.15) is 23.2 Å². The number of amides is 1. The van der Waals surface area contributed by atoms with Gasteiger partial charge < -0.3 is 31.7 Å². The molecule has 0 saturated heterocycles. The number of rotatable bonds is 7. The van der Waals surface area contributed by atoms with Crippen LogP contribution in [0.5, 0.6) is 5.75 Å². The lowest BCUT2D eigenvalue weighted by Gasteiger charge is -2.14. The van der Waals surface area contributed by atoms with Crippen LogP contribution in [-0.4, -0.2) is 46.3 Å². The number of carbonyl (C=O) groups is 3. The van der Waals surface area contributed by atoms with Gasteiger partial charge in [0.05, 0.1) is 4.99 Å². The zero-order chi connectivity index (χ0) is 18.7. The van der Waals surface area contributed by atoms with Crippen LogP contribution in [0.15, 0.2) is 24.3 Å². The fourth-order valence-electron chi connectivity index (χ4n) is 1.55. The molecule has 0 bridgehead atoms. The molecule has 0 spiro atoms. The molecule has 0 radical (unpaired) electrons. The summed E-state index contributed by atoms with van der Waals surface area (Å²) in [5.74, 6) is -2.74.